The third-order valence-electron chi connectivity index (χ3n) is 6.80. The van der Waals surface area contributed by atoms with Gasteiger partial charge in [-0.1, -0.05) is 46.8 Å². The van der Waals surface area contributed by atoms with Crippen molar-refractivity contribution in [3.8, 4) is 11.5 Å². The zero-order chi connectivity index (χ0) is 27.8. The number of ketones is 1. The Bertz CT molecular complexity index is 1140. The summed E-state index contributed by atoms with van der Waals surface area (Å²) >= 11 is 0. The van der Waals surface area contributed by atoms with E-state index in [-0.39, 0.29) is 11.3 Å². The third-order valence-corrected chi connectivity index (χ3v) is 6.80. The summed E-state index contributed by atoms with van der Waals surface area (Å²) < 4.78 is 11.6. The second-order valence-corrected chi connectivity index (χ2v) is 10.1. The molecule has 1 fully saturated rings. The van der Waals surface area contributed by atoms with Gasteiger partial charge in [0, 0.05) is 18.7 Å². The van der Waals surface area contributed by atoms with Gasteiger partial charge in [0.1, 0.15) is 17.3 Å². The van der Waals surface area contributed by atoms with E-state index in [9.17, 15) is 14.7 Å². The summed E-state index contributed by atoms with van der Waals surface area (Å²) in [5.41, 5.74) is 2.14. The van der Waals surface area contributed by atoms with E-state index in [1.165, 1.54) is 0 Å². The van der Waals surface area contributed by atoms with E-state index in [2.05, 4.69) is 32.6 Å². The van der Waals surface area contributed by atoms with Crippen LogP contribution in [0.15, 0.2) is 48.0 Å². The number of benzene rings is 2. The highest BCUT2D eigenvalue weighted by Crippen LogP contribution is 2.40. The highest BCUT2D eigenvalue weighted by Gasteiger charge is 2.46. The molecule has 1 heterocycles. The fraction of sp³-hybridized carbons (Fsp3) is 0.484. The number of likely N-dealkylation sites (N-methyl/N-ethyl adjacent to an activating group) is 1. The first-order valence-electron chi connectivity index (χ1n) is 13.7. The summed E-state index contributed by atoms with van der Waals surface area (Å²) in [6.07, 6.45) is 0.897. The summed E-state index contributed by atoms with van der Waals surface area (Å²) in [7, 11) is 0. The molecule has 0 bridgehead atoms. The first kappa shape index (κ1) is 29.2. The van der Waals surface area contributed by atoms with E-state index in [1.54, 1.807) is 17.0 Å². The number of nitrogens with zero attached hydrogens (tertiary/aromatic N) is 2. The molecule has 1 amide bonds. The molecule has 0 saturated carbocycles. The minimum Gasteiger partial charge on any atom is -0.507 e. The molecule has 0 spiro atoms. The number of carbonyl (C=O) groups excluding carboxylic acids is 2. The van der Waals surface area contributed by atoms with Gasteiger partial charge in [0.2, 0.25) is 0 Å². The molecule has 206 valence electrons. The number of ether oxygens (including phenoxy) is 2. The van der Waals surface area contributed by atoms with Gasteiger partial charge in [-0.3, -0.25) is 9.59 Å². The first-order valence-corrected chi connectivity index (χ1v) is 13.7. The van der Waals surface area contributed by atoms with Crippen molar-refractivity contribution in [3.63, 3.8) is 0 Å². The molecule has 38 heavy (non-hydrogen) atoms. The molecule has 7 heteroatoms. The summed E-state index contributed by atoms with van der Waals surface area (Å²) in [4.78, 5) is 30.5. The van der Waals surface area contributed by atoms with E-state index in [4.69, 9.17) is 9.47 Å². The Morgan fingerprint density at radius 1 is 1.00 bits per heavy atom. The van der Waals surface area contributed by atoms with Crippen LogP contribution >= 0.6 is 0 Å². The number of rotatable bonds is 13. The van der Waals surface area contributed by atoms with Gasteiger partial charge in [-0.05, 0) is 73.8 Å². The second kappa shape index (κ2) is 13.5. The van der Waals surface area contributed by atoms with Crippen molar-refractivity contribution < 1.29 is 24.2 Å². The highest BCUT2D eigenvalue weighted by atomic mass is 16.5. The Balaban J connectivity index is 2.04. The largest absolute Gasteiger partial charge is 0.507 e. The molecule has 1 saturated heterocycles. The van der Waals surface area contributed by atoms with Crippen LogP contribution in [0.4, 0.5) is 0 Å². The Labute approximate surface area is 227 Å². The monoisotopic (exact) mass is 522 g/mol. The van der Waals surface area contributed by atoms with Crippen LogP contribution in [0.3, 0.4) is 0 Å². The molecule has 1 aliphatic rings. The fourth-order valence-corrected chi connectivity index (χ4v) is 4.61. The lowest BCUT2D eigenvalue weighted by molar-refractivity contribution is -0.140. The first-order chi connectivity index (χ1) is 18.2. The van der Waals surface area contributed by atoms with Crippen LogP contribution in [0.5, 0.6) is 11.5 Å². The topological polar surface area (TPSA) is 79.3 Å². The average Bonchev–Trinajstić information content (AvgIpc) is 3.16. The number of carbonyl (C=O) groups is 2. The van der Waals surface area contributed by atoms with Gasteiger partial charge in [-0.25, -0.2) is 0 Å². The predicted molar refractivity (Wildman–Crippen MR) is 151 cm³/mol. The molecule has 1 N–H and O–H groups in total. The number of hydrogen-bond donors (Lipinski definition) is 1. The molecule has 0 aliphatic carbocycles. The minimum atomic E-state index is -0.693. The van der Waals surface area contributed by atoms with Crippen molar-refractivity contribution in [1.82, 2.24) is 9.80 Å². The standard InChI is InChI=1S/C31H42N2O5/c1-7-18-37-24-12-10-23(11-13-24)28-27(30(35)31(36)33(28)17-16-32(8-2)9-3)29(34)26-15-14-25(19-22(26)6)38-20-21(4)5/h10-15,19,21,28,34H,7-9,16-18,20H2,1-6H3. The summed E-state index contributed by atoms with van der Waals surface area (Å²) in [5.74, 6) is 0.380. The number of Topliss-reactive ketones (excluding diaryl/α,β-unsaturated/α-hetero) is 1. The highest BCUT2D eigenvalue weighted by molar-refractivity contribution is 6.46. The summed E-state index contributed by atoms with van der Waals surface area (Å²) in [6.45, 7) is 16.1. The molecule has 3 rings (SSSR count). The van der Waals surface area contributed by atoms with Gasteiger partial charge in [-0.2, -0.15) is 0 Å². The van der Waals surface area contributed by atoms with E-state index in [0.717, 1.165) is 36.4 Å². The van der Waals surface area contributed by atoms with Crippen LogP contribution in [0.25, 0.3) is 5.76 Å². The Kier molecular flexibility index (Phi) is 10.4. The number of aliphatic hydroxyl groups excluding tert-OH is 1. The Morgan fingerprint density at radius 3 is 2.24 bits per heavy atom. The van der Waals surface area contributed by atoms with Gasteiger partial charge in [0.05, 0.1) is 24.8 Å². The minimum absolute atomic E-state index is 0.107. The zero-order valence-electron chi connectivity index (χ0n) is 23.6. The smallest absolute Gasteiger partial charge is 0.295 e. The summed E-state index contributed by atoms with van der Waals surface area (Å²) in [5, 5.41) is 11.5. The van der Waals surface area contributed by atoms with Crippen LogP contribution < -0.4 is 9.47 Å². The average molecular weight is 523 g/mol. The van der Waals surface area contributed by atoms with Crippen molar-refractivity contribution in [2.24, 2.45) is 5.92 Å². The van der Waals surface area contributed by atoms with Gasteiger partial charge in [0.15, 0.2) is 0 Å². The van der Waals surface area contributed by atoms with Crippen molar-refractivity contribution in [3.05, 3.63) is 64.7 Å². The number of aliphatic hydroxyl groups is 1. The molecule has 2 aromatic carbocycles. The molecule has 2 aromatic rings. The van der Waals surface area contributed by atoms with E-state index in [1.807, 2.05) is 44.2 Å². The van der Waals surface area contributed by atoms with E-state index in [0.29, 0.717) is 43.5 Å². The Hall–Kier alpha value is -3.32. The number of amides is 1. The normalized spacial score (nSPS) is 17.1. The predicted octanol–water partition coefficient (Wildman–Crippen LogP) is 5.58. The number of likely N-dealkylation sites (tertiary alicyclic amines) is 1. The second-order valence-electron chi connectivity index (χ2n) is 10.1. The lowest BCUT2D eigenvalue weighted by Crippen LogP contribution is -2.38. The van der Waals surface area contributed by atoms with Crippen LogP contribution in [0.2, 0.25) is 0 Å². The Morgan fingerprint density at radius 2 is 1.66 bits per heavy atom. The maximum Gasteiger partial charge on any atom is 0.295 e. The van der Waals surface area contributed by atoms with Crippen molar-refractivity contribution in [2.45, 2.75) is 54.0 Å². The SMILES string of the molecule is CCCOc1ccc(C2C(=C(O)c3ccc(OCC(C)C)cc3C)C(=O)C(=O)N2CCN(CC)CC)cc1. The molecule has 0 radical (unpaired) electrons. The molecule has 0 aromatic heterocycles. The molecule has 7 nitrogen and oxygen atoms in total. The molecule has 1 atom stereocenters. The van der Waals surface area contributed by atoms with Crippen molar-refractivity contribution in [2.75, 3.05) is 39.4 Å². The molecular weight excluding hydrogens is 480 g/mol. The van der Waals surface area contributed by atoms with E-state index >= 15 is 0 Å². The maximum absolute atomic E-state index is 13.4. The van der Waals surface area contributed by atoms with Crippen molar-refractivity contribution >= 4 is 17.4 Å². The van der Waals surface area contributed by atoms with Gasteiger partial charge >= 0.3 is 0 Å². The molecule has 1 aliphatic heterocycles. The number of aryl methyl sites for hydroxylation is 1. The van der Waals surface area contributed by atoms with Crippen molar-refractivity contribution in [1.29, 1.82) is 0 Å². The lowest BCUT2D eigenvalue weighted by Gasteiger charge is -2.28. The third kappa shape index (κ3) is 6.76. The summed E-state index contributed by atoms with van der Waals surface area (Å²) in [6, 6.07) is 12.1. The molecule has 1 unspecified atom stereocenters. The quantitative estimate of drug-likeness (QED) is 0.210. The zero-order valence-corrected chi connectivity index (χ0v) is 23.6. The van der Waals surface area contributed by atoms with Gasteiger partial charge in [0.25, 0.3) is 11.7 Å². The molecular formula is C31H42N2O5. The van der Waals surface area contributed by atoms with Crippen LogP contribution in [-0.4, -0.2) is 66.0 Å². The van der Waals surface area contributed by atoms with Crippen LogP contribution in [0, 0.1) is 12.8 Å². The van der Waals surface area contributed by atoms with Gasteiger partial charge < -0.3 is 24.4 Å². The fourth-order valence-electron chi connectivity index (χ4n) is 4.61. The van der Waals surface area contributed by atoms with E-state index < -0.39 is 17.7 Å². The van der Waals surface area contributed by atoms with Crippen LogP contribution in [-0.2, 0) is 9.59 Å². The van der Waals surface area contributed by atoms with Gasteiger partial charge in [-0.15, -0.1) is 0 Å². The lowest BCUT2D eigenvalue weighted by atomic mass is 9.94. The van der Waals surface area contributed by atoms with Crippen LogP contribution in [0.1, 0.15) is 63.8 Å². The number of hydrogen-bond acceptors (Lipinski definition) is 6. The maximum atomic E-state index is 13.4.